The molecule has 1 aliphatic heterocycles. The van der Waals surface area contributed by atoms with Crippen molar-refractivity contribution in [1.29, 1.82) is 0 Å². The van der Waals surface area contributed by atoms with Crippen molar-refractivity contribution in [3.05, 3.63) is 0 Å². The fourth-order valence-electron chi connectivity index (χ4n) is 1.98. The van der Waals surface area contributed by atoms with E-state index in [2.05, 4.69) is 5.16 Å². The van der Waals surface area contributed by atoms with E-state index < -0.39 is 24.9 Å². The summed E-state index contributed by atoms with van der Waals surface area (Å²) in [5, 5.41) is 10.7. The predicted molar refractivity (Wildman–Crippen MR) is 74.6 cm³/mol. The number of hydrogen-bond donors (Lipinski definition) is 2. The van der Waals surface area contributed by atoms with E-state index in [4.69, 9.17) is 10.9 Å². The Hall–Kier alpha value is -0.910. The van der Waals surface area contributed by atoms with Gasteiger partial charge in [-0.25, -0.2) is 16.8 Å². The zero-order chi connectivity index (χ0) is 15.6. The number of nitrogens with two attached hydrogens (primary N) is 1. The lowest BCUT2D eigenvalue weighted by atomic mass is 10.2. The number of sulfone groups is 1. The first-order valence-corrected chi connectivity index (χ1v) is 9.61. The zero-order valence-corrected chi connectivity index (χ0v) is 13.1. The number of amidine groups is 1. The molecule has 0 aromatic heterocycles. The molecule has 0 amide bonds. The Kier molecular flexibility index (Phi) is 5.35. The second-order valence-corrected chi connectivity index (χ2v) is 9.27. The van der Waals surface area contributed by atoms with Gasteiger partial charge in [-0.2, -0.15) is 4.31 Å². The van der Waals surface area contributed by atoms with Crippen molar-refractivity contribution >= 4 is 25.7 Å². The average Bonchev–Trinajstić information content (AvgIpc) is 2.34. The van der Waals surface area contributed by atoms with E-state index in [1.807, 2.05) is 4.90 Å². The number of hydrogen-bond acceptors (Lipinski definition) is 7. The average molecular weight is 328 g/mol. The molecule has 0 radical (unpaired) electrons. The monoisotopic (exact) mass is 328 g/mol. The van der Waals surface area contributed by atoms with Crippen molar-refractivity contribution < 1.29 is 22.0 Å². The molecule has 1 aliphatic rings. The lowest BCUT2D eigenvalue weighted by Crippen LogP contribution is -2.54. The highest BCUT2D eigenvalue weighted by Crippen LogP contribution is 2.12. The molecule has 0 bridgehead atoms. The summed E-state index contributed by atoms with van der Waals surface area (Å²) in [6, 6.07) is -0.306. The van der Waals surface area contributed by atoms with Crippen LogP contribution in [0.2, 0.25) is 0 Å². The van der Waals surface area contributed by atoms with Crippen LogP contribution in [0.5, 0.6) is 0 Å². The Bertz CT molecular complexity index is 563. The quantitative estimate of drug-likeness (QED) is 0.260. The van der Waals surface area contributed by atoms with Crippen molar-refractivity contribution in [2.75, 3.05) is 37.5 Å². The Morgan fingerprint density at radius 2 is 1.75 bits per heavy atom. The Balaban J connectivity index is 2.67. The molecule has 3 N–H and O–H groups in total. The van der Waals surface area contributed by atoms with Crippen LogP contribution in [-0.4, -0.2) is 80.6 Å². The van der Waals surface area contributed by atoms with Crippen molar-refractivity contribution in [2.45, 2.75) is 13.0 Å². The summed E-state index contributed by atoms with van der Waals surface area (Å²) in [4.78, 5) is 1.86. The van der Waals surface area contributed by atoms with Crippen LogP contribution >= 0.6 is 0 Å². The van der Waals surface area contributed by atoms with Gasteiger partial charge in [0.2, 0.25) is 10.0 Å². The normalized spacial score (nSPS) is 21.8. The zero-order valence-electron chi connectivity index (χ0n) is 11.4. The molecule has 1 atom stereocenters. The van der Waals surface area contributed by atoms with Crippen LogP contribution < -0.4 is 5.73 Å². The first-order valence-electron chi connectivity index (χ1n) is 5.94. The topological polar surface area (TPSA) is 133 Å². The summed E-state index contributed by atoms with van der Waals surface area (Å²) in [6.45, 7) is 2.89. The first kappa shape index (κ1) is 17.1. The summed E-state index contributed by atoms with van der Waals surface area (Å²) >= 11 is 0. The van der Waals surface area contributed by atoms with E-state index in [1.54, 1.807) is 6.92 Å². The van der Waals surface area contributed by atoms with Gasteiger partial charge in [-0.3, -0.25) is 4.90 Å². The third-order valence-corrected chi connectivity index (χ3v) is 7.18. The highest BCUT2D eigenvalue weighted by molar-refractivity contribution is 8.06. The molecule has 1 saturated heterocycles. The molecule has 9 nitrogen and oxygen atoms in total. The van der Waals surface area contributed by atoms with Crippen LogP contribution in [-0.2, 0) is 19.9 Å². The Morgan fingerprint density at radius 3 is 2.15 bits per heavy atom. The fourth-order valence-corrected chi connectivity index (χ4v) is 5.46. The molecule has 0 aromatic rings. The molecule has 11 heteroatoms. The number of oxime groups is 1. The highest BCUT2D eigenvalue weighted by atomic mass is 32.3. The highest BCUT2D eigenvalue weighted by Gasteiger charge is 2.31. The summed E-state index contributed by atoms with van der Waals surface area (Å²) < 4.78 is 47.2. The molecular formula is C9H20N4O5S2. The molecule has 118 valence electrons. The lowest BCUT2D eigenvalue weighted by Gasteiger charge is -2.36. The van der Waals surface area contributed by atoms with E-state index in [-0.39, 0.29) is 25.0 Å². The minimum absolute atomic E-state index is 0.0532. The van der Waals surface area contributed by atoms with E-state index in [0.717, 1.165) is 10.6 Å². The molecule has 1 heterocycles. The summed E-state index contributed by atoms with van der Waals surface area (Å²) in [6.07, 6.45) is 0.890. The number of sulfonamides is 1. The minimum atomic E-state index is -3.81. The van der Waals surface area contributed by atoms with E-state index in [9.17, 15) is 16.8 Å². The van der Waals surface area contributed by atoms with Crippen LogP contribution in [0.4, 0.5) is 0 Å². The van der Waals surface area contributed by atoms with Gasteiger partial charge in [0.05, 0.1) is 6.04 Å². The molecule has 0 saturated carbocycles. The maximum Gasteiger partial charge on any atom is 0.228 e. The van der Waals surface area contributed by atoms with Crippen molar-refractivity contribution in [2.24, 2.45) is 10.9 Å². The lowest BCUT2D eigenvalue weighted by molar-refractivity contribution is 0.171. The second-order valence-electron chi connectivity index (χ2n) is 4.79. The smallest absolute Gasteiger partial charge is 0.228 e. The van der Waals surface area contributed by atoms with Gasteiger partial charge >= 0.3 is 0 Å². The second kappa shape index (κ2) is 6.24. The van der Waals surface area contributed by atoms with Gasteiger partial charge in [-0.1, -0.05) is 5.16 Å². The maximum absolute atomic E-state index is 11.9. The van der Waals surface area contributed by atoms with Crippen LogP contribution in [0.1, 0.15) is 6.92 Å². The third-order valence-electron chi connectivity index (χ3n) is 3.12. The third kappa shape index (κ3) is 4.58. The Morgan fingerprint density at radius 1 is 1.25 bits per heavy atom. The number of rotatable bonds is 5. The first-order chi connectivity index (χ1) is 9.07. The minimum Gasteiger partial charge on any atom is -0.409 e. The van der Waals surface area contributed by atoms with Gasteiger partial charge in [-0.05, 0) is 6.92 Å². The van der Waals surface area contributed by atoms with Crippen LogP contribution in [0, 0.1) is 0 Å². The van der Waals surface area contributed by atoms with Crippen molar-refractivity contribution in [3.8, 4) is 0 Å². The molecule has 20 heavy (non-hydrogen) atoms. The number of nitrogens with zero attached hydrogens (tertiary/aromatic N) is 3. The molecule has 1 unspecified atom stereocenters. The van der Waals surface area contributed by atoms with Crippen molar-refractivity contribution in [3.63, 3.8) is 0 Å². The standard InChI is InChI=1S/C9H20N4O5S2/c1-8(9(10)11-14)12-3-5-13(6-4-12)20(17,18)7-19(2,15)16/h8,14H,3-7H2,1-2H3,(H2,10,11). The molecular weight excluding hydrogens is 308 g/mol. The van der Waals surface area contributed by atoms with Crippen LogP contribution in [0.25, 0.3) is 0 Å². The van der Waals surface area contributed by atoms with Gasteiger partial charge in [0.15, 0.2) is 20.8 Å². The van der Waals surface area contributed by atoms with E-state index in [0.29, 0.717) is 13.1 Å². The predicted octanol–water partition coefficient (Wildman–Crippen LogP) is -1.93. The molecule has 1 rings (SSSR count). The van der Waals surface area contributed by atoms with Crippen LogP contribution in [0.3, 0.4) is 0 Å². The van der Waals surface area contributed by atoms with Gasteiger partial charge in [0.25, 0.3) is 0 Å². The summed E-state index contributed by atoms with van der Waals surface area (Å²) in [5.41, 5.74) is 5.50. The molecule has 0 spiro atoms. The molecule has 1 fully saturated rings. The largest absolute Gasteiger partial charge is 0.409 e. The molecule has 0 aromatic carbocycles. The van der Waals surface area contributed by atoms with Crippen LogP contribution in [0.15, 0.2) is 5.16 Å². The van der Waals surface area contributed by atoms with Gasteiger partial charge in [0.1, 0.15) is 0 Å². The van der Waals surface area contributed by atoms with E-state index in [1.165, 1.54) is 0 Å². The number of piperazine rings is 1. The molecule has 0 aliphatic carbocycles. The van der Waals surface area contributed by atoms with Gasteiger partial charge < -0.3 is 10.9 Å². The van der Waals surface area contributed by atoms with Gasteiger partial charge in [-0.15, -0.1) is 0 Å². The van der Waals surface area contributed by atoms with Gasteiger partial charge in [0, 0.05) is 32.4 Å². The summed E-state index contributed by atoms with van der Waals surface area (Å²) in [7, 11) is -7.40. The SMILES string of the molecule is CC(C(N)=NO)N1CCN(S(=O)(=O)CS(C)(=O)=O)CC1. The summed E-state index contributed by atoms with van der Waals surface area (Å²) in [5.74, 6) is 0.0532. The van der Waals surface area contributed by atoms with Crippen molar-refractivity contribution in [1.82, 2.24) is 9.21 Å². The Labute approximate surface area is 119 Å². The van der Waals surface area contributed by atoms with E-state index >= 15 is 0 Å². The maximum atomic E-state index is 11.9. The fraction of sp³-hybridized carbons (Fsp3) is 0.889.